The summed E-state index contributed by atoms with van der Waals surface area (Å²) < 4.78 is 11.3. The fraction of sp³-hybridized carbons (Fsp3) is 0.400. The van der Waals surface area contributed by atoms with Crippen LogP contribution < -0.4 is 5.32 Å². The summed E-state index contributed by atoms with van der Waals surface area (Å²) in [5.41, 5.74) is 3.77. The summed E-state index contributed by atoms with van der Waals surface area (Å²) in [4.78, 5) is 0. The van der Waals surface area contributed by atoms with Gasteiger partial charge in [0.2, 0.25) is 0 Å². The molecule has 0 spiro atoms. The van der Waals surface area contributed by atoms with Gasteiger partial charge in [-0.3, -0.25) is 0 Å². The van der Waals surface area contributed by atoms with E-state index in [2.05, 4.69) is 96.3 Å². The molecule has 3 N–H and O–H groups in total. The van der Waals surface area contributed by atoms with Gasteiger partial charge < -0.3 is 25.0 Å². The molecule has 37 heavy (non-hydrogen) atoms. The minimum atomic E-state index is -0.410. The molecule has 5 nitrogen and oxygen atoms in total. The molecule has 3 rings (SSSR count). The van der Waals surface area contributed by atoms with E-state index in [9.17, 15) is 5.11 Å². The van der Waals surface area contributed by atoms with Crippen LogP contribution in [0.4, 0.5) is 0 Å². The van der Waals surface area contributed by atoms with E-state index in [1.807, 2.05) is 11.8 Å². The Morgan fingerprint density at radius 2 is 1.19 bits per heavy atom. The summed E-state index contributed by atoms with van der Waals surface area (Å²) in [5, 5.41) is 21.6. The summed E-state index contributed by atoms with van der Waals surface area (Å²) in [6, 6.07) is 32.1. The lowest BCUT2D eigenvalue weighted by Crippen LogP contribution is -2.30. The lowest BCUT2D eigenvalue weighted by Gasteiger charge is -2.35. The number of rotatable bonds is 19. The van der Waals surface area contributed by atoms with Gasteiger partial charge in [-0.25, -0.2) is 0 Å². The average molecular weight is 542 g/mol. The topological polar surface area (TPSA) is 71.0 Å². The lowest BCUT2D eigenvalue weighted by molar-refractivity contribution is 0.0604. The quantitative estimate of drug-likeness (QED) is 0.153. The van der Waals surface area contributed by atoms with Crippen LogP contribution in [0.3, 0.4) is 0 Å². The molecular formula is C30H39NO4S2. The highest BCUT2D eigenvalue weighted by Gasteiger charge is 2.36. The van der Waals surface area contributed by atoms with E-state index in [1.54, 1.807) is 11.8 Å². The Hall–Kier alpha value is -1.84. The van der Waals surface area contributed by atoms with Gasteiger partial charge in [0.1, 0.15) is 0 Å². The molecule has 3 aromatic carbocycles. The predicted molar refractivity (Wildman–Crippen MR) is 157 cm³/mol. The summed E-state index contributed by atoms with van der Waals surface area (Å²) in [5.74, 6) is 2.33. The van der Waals surface area contributed by atoms with Gasteiger partial charge in [-0.1, -0.05) is 91.0 Å². The summed E-state index contributed by atoms with van der Waals surface area (Å²) in [6.45, 7) is 3.50. The fourth-order valence-electron chi connectivity index (χ4n) is 4.09. The summed E-state index contributed by atoms with van der Waals surface area (Å²) >= 11 is 3.57. The highest BCUT2D eigenvalue weighted by Crippen LogP contribution is 2.48. The number of thioether (sulfide) groups is 2. The van der Waals surface area contributed by atoms with Crippen molar-refractivity contribution >= 4 is 23.5 Å². The minimum Gasteiger partial charge on any atom is -0.395 e. The van der Waals surface area contributed by atoms with Crippen LogP contribution in [0.25, 0.3) is 0 Å². The third-order valence-electron chi connectivity index (χ3n) is 5.81. The predicted octanol–water partition coefficient (Wildman–Crippen LogP) is 4.42. The van der Waals surface area contributed by atoms with Crippen molar-refractivity contribution in [3.8, 4) is 0 Å². The van der Waals surface area contributed by atoms with Crippen LogP contribution in [-0.2, 0) is 14.2 Å². The second-order valence-electron chi connectivity index (χ2n) is 8.51. The zero-order chi connectivity index (χ0) is 26.0. The maximum Gasteiger partial charge on any atom is 0.0907 e. The monoisotopic (exact) mass is 541 g/mol. The van der Waals surface area contributed by atoms with Crippen LogP contribution >= 0.6 is 23.5 Å². The molecule has 1 unspecified atom stereocenters. The van der Waals surface area contributed by atoms with E-state index < -0.39 is 6.10 Å². The normalized spacial score (nSPS) is 12.5. The first-order chi connectivity index (χ1) is 18.3. The zero-order valence-corrected chi connectivity index (χ0v) is 23.0. The largest absolute Gasteiger partial charge is 0.395 e. The molecule has 0 aliphatic heterocycles. The Labute approximate surface area is 230 Å². The summed E-state index contributed by atoms with van der Waals surface area (Å²) in [6.07, 6.45) is -0.410. The number of ether oxygens (including phenoxy) is 2. The highest BCUT2D eigenvalue weighted by molar-refractivity contribution is 8.00. The third kappa shape index (κ3) is 9.76. The number of aliphatic hydroxyl groups is 2. The van der Waals surface area contributed by atoms with Crippen molar-refractivity contribution in [2.24, 2.45) is 0 Å². The van der Waals surface area contributed by atoms with E-state index in [0.717, 1.165) is 11.5 Å². The molecule has 0 amide bonds. The van der Waals surface area contributed by atoms with E-state index in [4.69, 9.17) is 14.6 Å². The molecule has 0 fully saturated rings. The molecule has 3 aromatic rings. The van der Waals surface area contributed by atoms with Gasteiger partial charge >= 0.3 is 0 Å². The average Bonchev–Trinajstić information content (AvgIpc) is 2.95. The number of hydrogen-bond acceptors (Lipinski definition) is 7. The van der Waals surface area contributed by atoms with Crippen molar-refractivity contribution in [1.82, 2.24) is 5.32 Å². The number of aliphatic hydroxyl groups excluding tert-OH is 2. The van der Waals surface area contributed by atoms with Crippen molar-refractivity contribution in [3.05, 3.63) is 108 Å². The van der Waals surface area contributed by atoms with Crippen molar-refractivity contribution in [2.75, 3.05) is 63.4 Å². The van der Waals surface area contributed by atoms with Gasteiger partial charge in [0, 0.05) is 30.3 Å². The van der Waals surface area contributed by atoms with Crippen LogP contribution in [0.5, 0.6) is 0 Å². The molecule has 7 heteroatoms. The zero-order valence-electron chi connectivity index (χ0n) is 21.3. The molecule has 0 saturated carbocycles. The molecule has 0 radical (unpaired) electrons. The molecule has 0 aliphatic carbocycles. The highest BCUT2D eigenvalue weighted by atomic mass is 32.2. The van der Waals surface area contributed by atoms with Gasteiger partial charge in [0.15, 0.2) is 0 Å². The van der Waals surface area contributed by atoms with Crippen LogP contribution in [-0.4, -0.2) is 79.7 Å². The SMILES string of the molecule is OCCNCC(O)CSCCOCCOCCSC(c1ccccc1)(c1ccccc1)c1ccccc1. The van der Waals surface area contributed by atoms with Crippen LogP contribution in [0.2, 0.25) is 0 Å². The van der Waals surface area contributed by atoms with E-state index in [1.165, 1.54) is 16.7 Å². The maximum absolute atomic E-state index is 9.85. The molecule has 0 bridgehead atoms. The van der Waals surface area contributed by atoms with Gasteiger partial charge in [0.05, 0.1) is 43.9 Å². The van der Waals surface area contributed by atoms with E-state index in [0.29, 0.717) is 45.3 Å². The van der Waals surface area contributed by atoms with Crippen LogP contribution in [0, 0.1) is 0 Å². The second kappa shape index (κ2) is 17.6. The fourth-order valence-corrected chi connectivity index (χ4v) is 6.30. The summed E-state index contributed by atoms with van der Waals surface area (Å²) in [7, 11) is 0. The van der Waals surface area contributed by atoms with Crippen molar-refractivity contribution in [2.45, 2.75) is 10.9 Å². The maximum atomic E-state index is 9.85. The first kappa shape index (κ1) is 29.7. The third-order valence-corrected chi connectivity index (χ3v) is 8.40. The molecule has 1 atom stereocenters. The lowest BCUT2D eigenvalue weighted by atomic mass is 9.84. The molecular weight excluding hydrogens is 502 g/mol. The molecule has 0 aliphatic rings. The van der Waals surface area contributed by atoms with E-state index in [-0.39, 0.29) is 11.4 Å². The van der Waals surface area contributed by atoms with E-state index >= 15 is 0 Å². The minimum absolute atomic E-state index is 0.0857. The second-order valence-corrected chi connectivity index (χ2v) is 11.0. The standard InChI is InChI=1S/C30H39NO4S2/c32-17-16-31-24-29(33)25-36-22-20-34-18-19-35-21-23-37-30(26-10-4-1-5-11-26,27-12-6-2-7-13-27)28-14-8-3-9-15-28/h1-15,29,31-33H,16-25H2. The number of nitrogens with one attached hydrogen (secondary N) is 1. The first-order valence-electron chi connectivity index (χ1n) is 12.8. The Morgan fingerprint density at radius 3 is 1.68 bits per heavy atom. The van der Waals surface area contributed by atoms with Gasteiger partial charge in [-0.2, -0.15) is 11.8 Å². The van der Waals surface area contributed by atoms with Gasteiger partial charge in [-0.15, -0.1) is 11.8 Å². The first-order valence-corrected chi connectivity index (χ1v) is 14.9. The number of hydrogen-bond donors (Lipinski definition) is 3. The molecule has 0 aromatic heterocycles. The Kier molecular flexibility index (Phi) is 14.2. The van der Waals surface area contributed by atoms with Crippen LogP contribution in [0.1, 0.15) is 16.7 Å². The molecule has 0 heterocycles. The van der Waals surface area contributed by atoms with Gasteiger partial charge in [0.25, 0.3) is 0 Å². The Morgan fingerprint density at radius 1 is 0.703 bits per heavy atom. The number of benzene rings is 3. The Bertz CT molecular complexity index is 866. The van der Waals surface area contributed by atoms with Crippen molar-refractivity contribution in [1.29, 1.82) is 0 Å². The Balaban J connectivity index is 1.45. The van der Waals surface area contributed by atoms with Crippen LogP contribution in [0.15, 0.2) is 91.0 Å². The van der Waals surface area contributed by atoms with Crippen molar-refractivity contribution in [3.63, 3.8) is 0 Å². The molecule has 0 saturated heterocycles. The van der Waals surface area contributed by atoms with Gasteiger partial charge in [-0.05, 0) is 16.7 Å². The molecule has 200 valence electrons. The smallest absolute Gasteiger partial charge is 0.0907 e. The van der Waals surface area contributed by atoms with Crippen molar-refractivity contribution < 1.29 is 19.7 Å².